The molecule has 1 heterocycles. The Balaban J connectivity index is 2.96. The Hall–Kier alpha value is -1.96. The van der Waals surface area contributed by atoms with Crippen LogP contribution in [0.1, 0.15) is 6.92 Å². The van der Waals surface area contributed by atoms with Crippen LogP contribution in [-0.2, 0) is 0 Å². The van der Waals surface area contributed by atoms with E-state index < -0.39 is 0 Å². The van der Waals surface area contributed by atoms with Gasteiger partial charge in [0.25, 0.3) is 12.1 Å². The number of ether oxygens (including phenoxy) is 3. The second-order valence-electron chi connectivity index (χ2n) is 2.30. The van der Waals surface area contributed by atoms with Crippen LogP contribution in [0.2, 0.25) is 0 Å². The maximum atomic E-state index is 8.29. The number of aromatic nitrogens is 1. The highest BCUT2D eigenvalue weighted by atomic mass is 16.5. The fourth-order valence-corrected chi connectivity index (χ4v) is 0.935. The van der Waals surface area contributed by atoms with Gasteiger partial charge in [0, 0.05) is 6.07 Å². The van der Waals surface area contributed by atoms with Crippen LogP contribution in [0.5, 0.6) is 17.4 Å². The molecule has 0 spiro atoms. The van der Waals surface area contributed by atoms with E-state index in [0.29, 0.717) is 24.0 Å². The molecule has 0 unspecified atom stereocenters. The molecule has 0 bridgehead atoms. The van der Waals surface area contributed by atoms with Gasteiger partial charge in [-0.3, -0.25) is 0 Å². The molecule has 0 N–H and O–H groups in total. The average Bonchev–Trinajstić information content (AvgIpc) is 2.19. The summed E-state index contributed by atoms with van der Waals surface area (Å²) in [5, 5.41) is 8.29. The van der Waals surface area contributed by atoms with E-state index in [1.807, 2.05) is 6.92 Å². The molecule has 0 aliphatic rings. The number of hydrogen-bond donors (Lipinski definition) is 0. The summed E-state index contributed by atoms with van der Waals surface area (Å²) < 4.78 is 14.8. The molecule has 0 atom stereocenters. The molecule has 0 saturated heterocycles. The molecule has 1 aromatic rings. The first-order valence-electron chi connectivity index (χ1n) is 4.04. The molecule has 0 aromatic carbocycles. The summed E-state index contributed by atoms with van der Waals surface area (Å²) >= 11 is 0. The third-order valence-electron chi connectivity index (χ3n) is 1.45. The molecule has 0 aliphatic heterocycles. The molecule has 0 amide bonds. The number of pyridine rings is 1. The minimum atomic E-state index is 0.330. The second kappa shape index (κ2) is 4.92. The highest BCUT2D eigenvalue weighted by Crippen LogP contribution is 2.28. The molecular formula is C9H10N2O3. The van der Waals surface area contributed by atoms with Crippen molar-refractivity contribution in [3.05, 3.63) is 12.3 Å². The molecular weight excluding hydrogens is 184 g/mol. The van der Waals surface area contributed by atoms with Gasteiger partial charge in [-0.15, -0.1) is 5.26 Å². The third kappa shape index (κ3) is 2.26. The minimum Gasteiger partial charge on any atom is -0.488 e. The summed E-state index contributed by atoms with van der Waals surface area (Å²) in [6.45, 7) is 2.34. The Kier molecular flexibility index (Phi) is 3.56. The zero-order chi connectivity index (χ0) is 10.4. The number of hydrogen-bond acceptors (Lipinski definition) is 5. The molecule has 5 nitrogen and oxygen atoms in total. The van der Waals surface area contributed by atoms with Crippen LogP contribution in [-0.4, -0.2) is 18.7 Å². The molecule has 14 heavy (non-hydrogen) atoms. The molecule has 5 heteroatoms. The Morgan fingerprint density at radius 3 is 2.93 bits per heavy atom. The van der Waals surface area contributed by atoms with Crippen molar-refractivity contribution in [3.8, 4) is 23.6 Å². The smallest absolute Gasteiger partial charge is 0.292 e. The number of rotatable bonds is 4. The lowest BCUT2D eigenvalue weighted by atomic mass is 10.4. The summed E-state index contributed by atoms with van der Waals surface area (Å²) in [5.41, 5.74) is 0. The van der Waals surface area contributed by atoms with E-state index in [1.54, 1.807) is 12.3 Å². The highest BCUT2D eigenvalue weighted by molar-refractivity contribution is 5.39. The number of nitrogens with zero attached hydrogens (tertiary/aromatic N) is 2. The van der Waals surface area contributed by atoms with Gasteiger partial charge in [-0.05, 0) is 6.92 Å². The van der Waals surface area contributed by atoms with Gasteiger partial charge >= 0.3 is 0 Å². The van der Waals surface area contributed by atoms with E-state index in [9.17, 15) is 0 Å². The first-order valence-corrected chi connectivity index (χ1v) is 4.04. The quantitative estimate of drug-likeness (QED) is 0.677. The highest BCUT2D eigenvalue weighted by Gasteiger charge is 2.07. The Morgan fingerprint density at radius 1 is 1.57 bits per heavy atom. The van der Waals surface area contributed by atoms with Crippen LogP contribution in [0.4, 0.5) is 0 Å². The normalized spacial score (nSPS) is 8.93. The zero-order valence-corrected chi connectivity index (χ0v) is 7.98. The van der Waals surface area contributed by atoms with Crippen LogP contribution in [0, 0.1) is 11.5 Å². The fourth-order valence-electron chi connectivity index (χ4n) is 0.935. The number of methoxy groups -OCH3 is 1. The standard InChI is InChI=1S/C9H10N2O3/c1-3-13-8-4-7(14-6-10)5-11-9(8)12-2/h4-5H,3H2,1-2H3. The number of nitriles is 1. The van der Waals surface area contributed by atoms with E-state index >= 15 is 0 Å². The van der Waals surface area contributed by atoms with E-state index in [1.165, 1.54) is 13.3 Å². The molecule has 0 radical (unpaired) electrons. The van der Waals surface area contributed by atoms with Gasteiger partial charge in [-0.25, -0.2) is 4.98 Å². The SMILES string of the molecule is CCOc1cc(OC#N)cnc1OC. The minimum absolute atomic E-state index is 0.330. The fraction of sp³-hybridized carbons (Fsp3) is 0.333. The molecule has 0 aliphatic carbocycles. The van der Waals surface area contributed by atoms with Crippen molar-refractivity contribution in [2.75, 3.05) is 13.7 Å². The van der Waals surface area contributed by atoms with Crippen LogP contribution < -0.4 is 14.2 Å². The Labute approximate surface area is 81.8 Å². The zero-order valence-electron chi connectivity index (χ0n) is 7.98. The van der Waals surface area contributed by atoms with Crippen LogP contribution in [0.25, 0.3) is 0 Å². The van der Waals surface area contributed by atoms with Crippen molar-refractivity contribution >= 4 is 0 Å². The summed E-state index contributed by atoms with van der Waals surface area (Å²) in [5.74, 6) is 1.16. The van der Waals surface area contributed by atoms with Crippen LogP contribution >= 0.6 is 0 Å². The first kappa shape index (κ1) is 10.1. The van der Waals surface area contributed by atoms with Gasteiger partial charge in [0.05, 0.1) is 19.9 Å². The van der Waals surface area contributed by atoms with Crippen molar-refractivity contribution in [3.63, 3.8) is 0 Å². The molecule has 1 aromatic heterocycles. The Bertz CT molecular complexity index is 346. The van der Waals surface area contributed by atoms with Crippen LogP contribution in [0.15, 0.2) is 12.3 Å². The molecule has 74 valence electrons. The molecule has 0 saturated carbocycles. The monoisotopic (exact) mass is 194 g/mol. The summed E-state index contributed by atoms with van der Waals surface area (Å²) in [7, 11) is 1.50. The summed E-state index contributed by atoms with van der Waals surface area (Å²) in [6, 6.07) is 1.55. The molecule has 0 fully saturated rings. The van der Waals surface area contributed by atoms with E-state index in [4.69, 9.17) is 14.7 Å². The van der Waals surface area contributed by atoms with Crippen molar-refractivity contribution in [1.82, 2.24) is 4.98 Å². The van der Waals surface area contributed by atoms with E-state index in [-0.39, 0.29) is 0 Å². The van der Waals surface area contributed by atoms with E-state index in [2.05, 4.69) is 9.72 Å². The maximum absolute atomic E-state index is 8.29. The van der Waals surface area contributed by atoms with Crippen molar-refractivity contribution < 1.29 is 14.2 Å². The lowest BCUT2D eigenvalue weighted by Gasteiger charge is -2.07. The second-order valence-corrected chi connectivity index (χ2v) is 2.30. The molecule has 1 rings (SSSR count). The first-order chi connectivity index (χ1) is 6.81. The lowest BCUT2D eigenvalue weighted by molar-refractivity contribution is 0.301. The van der Waals surface area contributed by atoms with Gasteiger partial charge < -0.3 is 14.2 Å². The van der Waals surface area contributed by atoms with Gasteiger partial charge in [0.15, 0.2) is 11.5 Å². The van der Waals surface area contributed by atoms with Gasteiger partial charge in [-0.2, -0.15) is 0 Å². The Morgan fingerprint density at radius 2 is 2.36 bits per heavy atom. The van der Waals surface area contributed by atoms with Crippen molar-refractivity contribution in [1.29, 1.82) is 5.26 Å². The van der Waals surface area contributed by atoms with Crippen molar-refractivity contribution in [2.45, 2.75) is 6.92 Å². The van der Waals surface area contributed by atoms with Gasteiger partial charge in [0.1, 0.15) is 0 Å². The van der Waals surface area contributed by atoms with Gasteiger partial charge in [-0.1, -0.05) is 0 Å². The largest absolute Gasteiger partial charge is 0.488 e. The van der Waals surface area contributed by atoms with Crippen LogP contribution in [0.3, 0.4) is 0 Å². The average molecular weight is 194 g/mol. The van der Waals surface area contributed by atoms with E-state index in [0.717, 1.165) is 0 Å². The van der Waals surface area contributed by atoms with Gasteiger partial charge in [0.2, 0.25) is 0 Å². The predicted octanol–water partition coefficient (Wildman–Crippen LogP) is 1.35. The van der Waals surface area contributed by atoms with Crippen molar-refractivity contribution in [2.24, 2.45) is 0 Å². The summed E-state index contributed by atoms with van der Waals surface area (Å²) in [4.78, 5) is 3.91. The topological polar surface area (TPSA) is 64.4 Å². The summed E-state index contributed by atoms with van der Waals surface area (Å²) in [6.07, 6.45) is 2.95. The lowest BCUT2D eigenvalue weighted by Crippen LogP contribution is -1.97. The predicted molar refractivity (Wildman–Crippen MR) is 48.2 cm³/mol. The third-order valence-corrected chi connectivity index (χ3v) is 1.45. The maximum Gasteiger partial charge on any atom is 0.292 e.